The van der Waals surface area contributed by atoms with E-state index >= 15 is 0 Å². The van der Waals surface area contributed by atoms with Gasteiger partial charge < -0.3 is 16.0 Å². The molecule has 1 amide bonds. The summed E-state index contributed by atoms with van der Waals surface area (Å²) in [6.07, 6.45) is 2.82. The molecule has 4 nitrogen and oxygen atoms in total. The van der Waals surface area contributed by atoms with E-state index in [1.807, 2.05) is 24.3 Å². The van der Waals surface area contributed by atoms with E-state index < -0.39 is 0 Å². The van der Waals surface area contributed by atoms with Gasteiger partial charge in [0.2, 0.25) is 5.91 Å². The molecule has 3 N–H and O–H groups in total. The summed E-state index contributed by atoms with van der Waals surface area (Å²) in [7, 11) is 2.15. The summed E-state index contributed by atoms with van der Waals surface area (Å²) in [5.74, 6) is 0.749. The Kier molecular flexibility index (Phi) is 5.56. The Morgan fingerprint density at radius 3 is 2.45 bits per heavy atom. The summed E-state index contributed by atoms with van der Waals surface area (Å²) in [4.78, 5) is 14.3. The van der Waals surface area contributed by atoms with E-state index in [-0.39, 0.29) is 5.91 Å². The number of amides is 1. The van der Waals surface area contributed by atoms with E-state index in [1.54, 1.807) is 0 Å². The Morgan fingerprint density at radius 2 is 1.85 bits per heavy atom. The van der Waals surface area contributed by atoms with Crippen molar-refractivity contribution in [1.29, 1.82) is 0 Å². The third-order valence-electron chi connectivity index (χ3n) is 4.05. The number of nitrogens with two attached hydrogens (primary N) is 1. The molecule has 1 heterocycles. The molecule has 20 heavy (non-hydrogen) atoms. The predicted octanol–water partition coefficient (Wildman–Crippen LogP) is 1.15. The highest BCUT2D eigenvalue weighted by Gasteiger charge is 2.17. The third kappa shape index (κ3) is 4.62. The van der Waals surface area contributed by atoms with Crippen LogP contribution >= 0.6 is 0 Å². The highest BCUT2D eigenvalue weighted by atomic mass is 16.1. The van der Waals surface area contributed by atoms with Crippen molar-refractivity contribution in [2.75, 3.05) is 26.7 Å². The lowest BCUT2D eigenvalue weighted by atomic mass is 9.97. The molecule has 0 atom stereocenters. The molecule has 0 bridgehead atoms. The number of nitrogens with zero attached hydrogens (tertiary/aromatic N) is 1. The van der Waals surface area contributed by atoms with Gasteiger partial charge in [-0.3, -0.25) is 4.79 Å². The van der Waals surface area contributed by atoms with Crippen molar-refractivity contribution in [2.45, 2.75) is 25.8 Å². The Hall–Kier alpha value is -1.39. The van der Waals surface area contributed by atoms with Gasteiger partial charge >= 0.3 is 0 Å². The highest BCUT2D eigenvalue weighted by Crippen LogP contribution is 2.14. The van der Waals surface area contributed by atoms with Gasteiger partial charge in [-0.05, 0) is 50.0 Å². The Morgan fingerprint density at radius 1 is 1.25 bits per heavy atom. The number of piperidine rings is 1. The first-order valence-corrected chi connectivity index (χ1v) is 7.40. The summed E-state index contributed by atoms with van der Waals surface area (Å²) >= 11 is 0. The van der Waals surface area contributed by atoms with Crippen molar-refractivity contribution < 1.29 is 4.79 Å². The van der Waals surface area contributed by atoms with Crippen molar-refractivity contribution in [3.8, 4) is 0 Å². The van der Waals surface area contributed by atoms with Crippen LogP contribution in [0.1, 0.15) is 24.0 Å². The molecular formula is C16H25N3O. The standard InChI is InChI=1S/C16H25N3O/c1-19-8-6-15(7-9-19)12-18-16(20)10-13-2-4-14(11-17)5-3-13/h2-5,15H,6-12,17H2,1H3,(H,18,20). The smallest absolute Gasteiger partial charge is 0.224 e. The number of carbonyl (C=O) groups excluding carboxylic acids is 1. The zero-order valence-corrected chi connectivity index (χ0v) is 12.3. The number of hydrogen-bond acceptors (Lipinski definition) is 3. The second-order valence-corrected chi connectivity index (χ2v) is 5.75. The number of rotatable bonds is 5. The average molecular weight is 275 g/mol. The second-order valence-electron chi connectivity index (χ2n) is 5.75. The molecule has 1 aliphatic rings. The van der Waals surface area contributed by atoms with Gasteiger partial charge in [0.25, 0.3) is 0 Å². The van der Waals surface area contributed by atoms with Gasteiger partial charge in [0.1, 0.15) is 0 Å². The van der Waals surface area contributed by atoms with E-state index in [2.05, 4.69) is 17.3 Å². The normalized spacial score (nSPS) is 17.1. The van der Waals surface area contributed by atoms with Crippen molar-refractivity contribution in [2.24, 2.45) is 11.7 Å². The molecule has 2 rings (SSSR count). The van der Waals surface area contributed by atoms with E-state index in [9.17, 15) is 4.79 Å². The molecule has 1 aliphatic heterocycles. The molecule has 0 spiro atoms. The first kappa shape index (κ1) is 15.0. The molecule has 0 saturated carbocycles. The summed E-state index contributed by atoms with van der Waals surface area (Å²) in [5, 5.41) is 3.06. The van der Waals surface area contributed by atoms with Crippen molar-refractivity contribution in [3.05, 3.63) is 35.4 Å². The SMILES string of the molecule is CN1CCC(CNC(=O)Cc2ccc(CN)cc2)CC1. The maximum atomic E-state index is 11.9. The highest BCUT2D eigenvalue weighted by molar-refractivity contribution is 5.78. The molecule has 1 aromatic carbocycles. The van der Waals surface area contributed by atoms with E-state index in [0.717, 1.165) is 30.8 Å². The molecule has 1 saturated heterocycles. The van der Waals surface area contributed by atoms with Crippen LogP contribution < -0.4 is 11.1 Å². The van der Waals surface area contributed by atoms with Crippen LogP contribution in [-0.4, -0.2) is 37.5 Å². The molecular weight excluding hydrogens is 250 g/mol. The lowest BCUT2D eigenvalue weighted by Gasteiger charge is -2.28. The molecule has 0 unspecified atom stereocenters. The van der Waals surface area contributed by atoms with Crippen LogP contribution in [0.15, 0.2) is 24.3 Å². The van der Waals surface area contributed by atoms with Crippen LogP contribution in [0.25, 0.3) is 0 Å². The number of nitrogens with one attached hydrogen (secondary N) is 1. The molecule has 1 aromatic rings. The Labute approximate surface area is 121 Å². The van der Waals surface area contributed by atoms with Gasteiger partial charge in [0.05, 0.1) is 6.42 Å². The third-order valence-corrected chi connectivity index (χ3v) is 4.05. The van der Waals surface area contributed by atoms with Crippen molar-refractivity contribution >= 4 is 5.91 Å². The molecule has 110 valence electrons. The summed E-state index contributed by atoms with van der Waals surface area (Å²) in [5.41, 5.74) is 7.70. The van der Waals surface area contributed by atoms with Crippen LogP contribution in [0, 0.1) is 5.92 Å². The monoisotopic (exact) mass is 275 g/mol. The van der Waals surface area contributed by atoms with Crippen molar-refractivity contribution in [1.82, 2.24) is 10.2 Å². The topological polar surface area (TPSA) is 58.4 Å². The molecule has 0 aliphatic carbocycles. The van der Waals surface area contributed by atoms with Gasteiger partial charge in [-0.25, -0.2) is 0 Å². The summed E-state index contributed by atoms with van der Waals surface area (Å²) in [6, 6.07) is 7.94. The minimum Gasteiger partial charge on any atom is -0.356 e. The zero-order chi connectivity index (χ0) is 14.4. The molecule has 4 heteroatoms. The van der Waals surface area contributed by atoms with Crippen LogP contribution in [0.2, 0.25) is 0 Å². The van der Waals surface area contributed by atoms with Gasteiger partial charge in [0, 0.05) is 13.1 Å². The fraction of sp³-hybridized carbons (Fsp3) is 0.562. The maximum Gasteiger partial charge on any atom is 0.224 e. The van der Waals surface area contributed by atoms with Crippen molar-refractivity contribution in [3.63, 3.8) is 0 Å². The van der Waals surface area contributed by atoms with E-state index in [0.29, 0.717) is 18.9 Å². The first-order chi connectivity index (χ1) is 9.67. The number of hydrogen-bond donors (Lipinski definition) is 2. The molecule has 0 aromatic heterocycles. The van der Waals surface area contributed by atoms with Gasteiger partial charge in [-0.15, -0.1) is 0 Å². The number of likely N-dealkylation sites (tertiary alicyclic amines) is 1. The Balaban J connectivity index is 1.72. The average Bonchev–Trinajstić information content (AvgIpc) is 2.47. The van der Waals surface area contributed by atoms with Crippen LogP contribution in [0.3, 0.4) is 0 Å². The predicted molar refractivity (Wildman–Crippen MR) is 81.3 cm³/mol. The van der Waals surface area contributed by atoms with Crippen LogP contribution in [0.4, 0.5) is 0 Å². The fourth-order valence-electron chi connectivity index (χ4n) is 2.57. The van der Waals surface area contributed by atoms with Gasteiger partial charge in [0.15, 0.2) is 0 Å². The maximum absolute atomic E-state index is 11.9. The largest absolute Gasteiger partial charge is 0.356 e. The lowest BCUT2D eigenvalue weighted by molar-refractivity contribution is -0.120. The Bertz CT molecular complexity index is 422. The summed E-state index contributed by atoms with van der Waals surface area (Å²) < 4.78 is 0. The van der Waals surface area contributed by atoms with E-state index in [1.165, 1.54) is 12.8 Å². The second kappa shape index (κ2) is 7.41. The molecule has 1 fully saturated rings. The lowest BCUT2D eigenvalue weighted by Crippen LogP contribution is -2.37. The van der Waals surface area contributed by atoms with Gasteiger partial charge in [-0.1, -0.05) is 24.3 Å². The fourth-order valence-corrected chi connectivity index (χ4v) is 2.57. The van der Waals surface area contributed by atoms with E-state index in [4.69, 9.17) is 5.73 Å². The minimum atomic E-state index is 0.115. The van der Waals surface area contributed by atoms with Gasteiger partial charge in [-0.2, -0.15) is 0 Å². The number of carbonyl (C=O) groups is 1. The molecule has 0 radical (unpaired) electrons. The summed E-state index contributed by atoms with van der Waals surface area (Å²) in [6.45, 7) is 3.64. The quantitative estimate of drug-likeness (QED) is 0.847. The zero-order valence-electron chi connectivity index (χ0n) is 12.3. The van der Waals surface area contributed by atoms with Crippen LogP contribution in [-0.2, 0) is 17.8 Å². The number of benzene rings is 1. The van der Waals surface area contributed by atoms with Crippen LogP contribution in [0.5, 0.6) is 0 Å². The first-order valence-electron chi connectivity index (χ1n) is 7.40. The minimum absolute atomic E-state index is 0.115.